The monoisotopic (exact) mass is 382 g/mol. The lowest BCUT2D eigenvalue weighted by Crippen LogP contribution is -2.55. The molecule has 1 aromatic rings. The predicted molar refractivity (Wildman–Crippen MR) is 100 cm³/mol. The van der Waals surface area contributed by atoms with Crippen molar-refractivity contribution < 1.29 is 9.59 Å². The SMILES string of the molecule is CCCC1CC(=O)NC2CC(NC(=O)c3cc(Cl)ccc3Cl)CCC12. The van der Waals surface area contributed by atoms with Gasteiger partial charge in [0, 0.05) is 23.5 Å². The minimum atomic E-state index is -0.205. The lowest BCUT2D eigenvalue weighted by molar-refractivity contribution is -0.127. The molecule has 2 fully saturated rings. The first-order valence-electron chi connectivity index (χ1n) is 9.03. The molecular formula is C19H24Cl2N2O2. The third-order valence-electron chi connectivity index (χ3n) is 5.47. The van der Waals surface area contributed by atoms with Gasteiger partial charge in [0.15, 0.2) is 0 Å². The maximum atomic E-state index is 12.5. The summed E-state index contributed by atoms with van der Waals surface area (Å²) in [6.07, 6.45) is 5.59. The molecule has 1 aliphatic carbocycles. The van der Waals surface area contributed by atoms with Crippen LogP contribution in [0.3, 0.4) is 0 Å². The second-order valence-electron chi connectivity index (χ2n) is 7.20. The van der Waals surface area contributed by atoms with Gasteiger partial charge >= 0.3 is 0 Å². The van der Waals surface area contributed by atoms with Crippen LogP contribution >= 0.6 is 23.2 Å². The molecule has 4 unspecified atom stereocenters. The van der Waals surface area contributed by atoms with Crippen LogP contribution in [0, 0.1) is 11.8 Å². The molecule has 0 radical (unpaired) electrons. The number of rotatable bonds is 4. The van der Waals surface area contributed by atoms with E-state index < -0.39 is 0 Å². The lowest BCUT2D eigenvalue weighted by atomic mass is 9.70. The number of carbonyl (C=O) groups excluding carboxylic acids is 2. The van der Waals surface area contributed by atoms with Crippen molar-refractivity contribution in [2.45, 2.75) is 57.5 Å². The molecule has 1 heterocycles. The van der Waals surface area contributed by atoms with Crippen LogP contribution in [0.15, 0.2) is 18.2 Å². The van der Waals surface area contributed by atoms with Crippen molar-refractivity contribution in [3.8, 4) is 0 Å². The van der Waals surface area contributed by atoms with Crippen molar-refractivity contribution in [1.29, 1.82) is 0 Å². The molecule has 0 spiro atoms. The van der Waals surface area contributed by atoms with Crippen molar-refractivity contribution >= 4 is 35.0 Å². The third kappa shape index (κ3) is 4.29. The van der Waals surface area contributed by atoms with Crippen LogP contribution in [0.25, 0.3) is 0 Å². The quantitative estimate of drug-likeness (QED) is 0.819. The van der Waals surface area contributed by atoms with E-state index in [0.717, 1.165) is 32.1 Å². The molecule has 1 aromatic carbocycles. The number of carbonyl (C=O) groups is 2. The van der Waals surface area contributed by atoms with Gasteiger partial charge in [0.05, 0.1) is 10.6 Å². The van der Waals surface area contributed by atoms with Crippen LogP contribution in [0.4, 0.5) is 0 Å². The van der Waals surface area contributed by atoms with Crippen LogP contribution in [0.1, 0.15) is 55.8 Å². The van der Waals surface area contributed by atoms with Gasteiger partial charge in [-0.15, -0.1) is 0 Å². The summed E-state index contributed by atoms with van der Waals surface area (Å²) >= 11 is 12.1. The van der Waals surface area contributed by atoms with E-state index in [1.807, 2.05) is 0 Å². The highest BCUT2D eigenvalue weighted by Crippen LogP contribution is 2.37. The van der Waals surface area contributed by atoms with E-state index in [9.17, 15) is 9.59 Å². The summed E-state index contributed by atoms with van der Waals surface area (Å²) in [7, 11) is 0. The summed E-state index contributed by atoms with van der Waals surface area (Å²) in [5, 5.41) is 7.08. The van der Waals surface area contributed by atoms with Gasteiger partial charge in [0.25, 0.3) is 5.91 Å². The normalized spacial score (nSPS) is 28.8. The van der Waals surface area contributed by atoms with Crippen molar-refractivity contribution in [3.05, 3.63) is 33.8 Å². The maximum Gasteiger partial charge on any atom is 0.253 e. The molecule has 6 heteroatoms. The minimum absolute atomic E-state index is 0.0458. The third-order valence-corrected chi connectivity index (χ3v) is 6.04. The van der Waals surface area contributed by atoms with E-state index in [-0.39, 0.29) is 23.9 Å². The molecule has 136 valence electrons. The van der Waals surface area contributed by atoms with Crippen molar-refractivity contribution in [1.82, 2.24) is 10.6 Å². The average Bonchev–Trinajstić information content (AvgIpc) is 2.56. The largest absolute Gasteiger partial charge is 0.353 e. The second-order valence-corrected chi connectivity index (χ2v) is 8.04. The van der Waals surface area contributed by atoms with E-state index in [2.05, 4.69) is 17.6 Å². The number of benzene rings is 1. The fourth-order valence-electron chi connectivity index (χ4n) is 4.33. The minimum Gasteiger partial charge on any atom is -0.353 e. The summed E-state index contributed by atoms with van der Waals surface area (Å²) in [6.45, 7) is 2.17. The number of hydrogen-bond donors (Lipinski definition) is 2. The Hall–Kier alpha value is -1.26. The fourth-order valence-corrected chi connectivity index (χ4v) is 4.71. The van der Waals surface area contributed by atoms with Crippen molar-refractivity contribution in [3.63, 3.8) is 0 Å². The number of piperidine rings is 1. The first kappa shape index (κ1) is 18.5. The molecule has 3 rings (SSSR count). The first-order valence-corrected chi connectivity index (χ1v) is 9.78. The van der Waals surface area contributed by atoms with Crippen molar-refractivity contribution in [2.75, 3.05) is 0 Å². The van der Waals surface area contributed by atoms with E-state index in [0.29, 0.717) is 33.9 Å². The van der Waals surface area contributed by atoms with Gasteiger partial charge in [0.2, 0.25) is 5.91 Å². The van der Waals surface area contributed by atoms with Crippen molar-refractivity contribution in [2.24, 2.45) is 11.8 Å². The molecular weight excluding hydrogens is 359 g/mol. The summed E-state index contributed by atoms with van der Waals surface area (Å²) < 4.78 is 0. The van der Waals surface area contributed by atoms with E-state index in [4.69, 9.17) is 23.2 Å². The zero-order chi connectivity index (χ0) is 18.0. The van der Waals surface area contributed by atoms with Crippen LogP contribution in [0.2, 0.25) is 10.0 Å². The molecule has 2 aliphatic rings. The van der Waals surface area contributed by atoms with Gasteiger partial charge in [-0.25, -0.2) is 0 Å². The topological polar surface area (TPSA) is 58.2 Å². The van der Waals surface area contributed by atoms with E-state index in [1.54, 1.807) is 18.2 Å². The van der Waals surface area contributed by atoms with Crippen LogP contribution in [-0.2, 0) is 4.79 Å². The van der Waals surface area contributed by atoms with E-state index in [1.165, 1.54) is 0 Å². The van der Waals surface area contributed by atoms with Crippen LogP contribution in [0.5, 0.6) is 0 Å². The van der Waals surface area contributed by atoms with Gasteiger partial charge in [0.1, 0.15) is 0 Å². The Balaban J connectivity index is 1.65. The zero-order valence-electron chi connectivity index (χ0n) is 14.4. The smallest absolute Gasteiger partial charge is 0.253 e. The lowest BCUT2D eigenvalue weighted by Gasteiger charge is -2.44. The Bertz CT molecular complexity index is 665. The first-order chi connectivity index (χ1) is 12.0. The maximum absolute atomic E-state index is 12.5. The summed E-state index contributed by atoms with van der Waals surface area (Å²) in [4.78, 5) is 24.5. The van der Waals surface area contributed by atoms with Crippen LogP contribution in [-0.4, -0.2) is 23.9 Å². The number of hydrogen-bond acceptors (Lipinski definition) is 2. The number of fused-ring (bicyclic) bond motifs is 1. The molecule has 0 aromatic heterocycles. The Kier molecular flexibility index (Phi) is 5.90. The van der Waals surface area contributed by atoms with E-state index >= 15 is 0 Å². The van der Waals surface area contributed by atoms with Gasteiger partial charge in [-0.05, 0) is 55.7 Å². The summed E-state index contributed by atoms with van der Waals surface area (Å²) in [5.41, 5.74) is 0.396. The molecule has 2 N–H and O–H groups in total. The second kappa shape index (κ2) is 7.96. The van der Waals surface area contributed by atoms with Gasteiger partial charge in [-0.2, -0.15) is 0 Å². The molecule has 4 nitrogen and oxygen atoms in total. The Morgan fingerprint density at radius 2 is 2.12 bits per heavy atom. The number of nitrogens with one attached hydrogen (secondary N) is 2. The van der Waals surface area contributed by atoms with Crippen LogP contribution < -0.4 is 10.6 Å². The Morgan fingerprint density at radius 1 is 1.32 bits per heavy atom. The molecule has 1 aliphatic heterocycles. The molecule has 4 atom stereocenters. The Labute approximate surface area is 158 Å². The highest BCUT2D eigenvalue weighted by Gasteiger charge is 2.40. The standard InChI is InChI=1S/C19H24Cl2N2O2/c1-2-3-11-8-18(24)23-17-10-13(5-6-14(11)17)22-19(25)15-9-12(20)4-7-16(15)21/h4,7,9,11,13-14,17H,2-3,5-6,8,10H2,1H3,(H,22,25)(H,23,24). The molecule has 1 saturated heterocycles. The highest BCUT2D eigenvalue weighted by molar-refractivity contribution is 6.35. The summed E-state index contributed by atoms with van der Waals surface area (Å²) in [5.74, 6) is 0.941. The van der Waals surface area contributed by atoms with Gasteiger partial charge < -0.3 is 10.6 Å². The molecule has 2 amide bonds. The average molecular weight is 383 g/mol. The number of amides is 2. The zero-order valence-corrected chi connectivity index (χ0v) is 15.9. The van der Waals surface area contributed by atoms with Gasteiger partial charge in [-0.1, -0.05) is 36.5 Å². The van der Waals surface area contributed by atoms with Gasteiger partial charge in [-0.3, -0.25) is 9.59 Å². The molecule has 0 bridgehead atoms. The summed E-state index contributed by atoms with van der Waals surface area (Å²) in [6, 6.07) is 5.09. The Morgan fingerprint density at radius 3 is 2.88 bits per heavy atom. The highest BCUT2D eigenvalue weighted by atomic mass is 35.5. The molecule has 25 heavy (non-hydrogen) atoms. The predicted octanol–water partition coefficient (Wildman–Crippen LogP) is 4.20. The number of halogens is 2. The fraction of sp³-hybridized carbons (Fsp3) is 0.579. The molecule has 1 saturated carbocycles.